The van der Waals surface area contributed by atoms with Crippen LogP contribution in [-0.4, -0.2) is 29.0 Å². The molecule has 0 radical (unpaired) electrons. The van der Waals surface area contributed by atoms with Crippen molar-refractivity contribution in [1.29, 1.82) is 0 Å². The summed E-state index contributed by atoms with van der Waals surface area (Å²) in [5, 5.41) is 4.31. The molecule has 0 unspecified atom stereocenters. The van der Waals surface area contributed by atoms with E-state index in [1.54, 1.807) is 0 Å². The number of aromatic nitrogens is 2. The van der Waals surface area contributed by atoms with Gasteiger partial charge < -0.3 is 10.5 Å². The summed E-state index contributed by atoms with van der Waals surface area (Å²) < 4.78 is 7.64. The van der Waals surface area contributed by atoms with Gasteiger partial charge in [-0.25, -0.2) is 0 Å². The molecule has 1 saturated heterocycles. The molecule has 1 aromatic rings. The highest BCUT2D eigenvalue weighted by Gasteiger charge is 2.14. The van der Waals surface area contributed by atoms with Gasteiger partial charge in [-0.05, 0) is 37.8 Å². The third-order valence-electron chi connectivity index (χ3n) is 2.78. The lowest BCUT2D eigenvalue weighted by molar-refractivity contribution is 0.00398. The number of ether oxygens (including phenoxy) is 1. The lowest BCUT2D eigenvalue weighted by Gasteiger charge is -2.22. The van der Waals surface area contributed by atoms with E-state index in [2.05, 4.69) is 11.3 Å². The zero-order chi connectivity index (χ0) is 10.5. The van der Waals surface area contributed by atoms with Crippen LogP contribution in [0.1, 0.15) is 24.8 Å². The highest BCUT2D eigenvalue weighted by Crippen LogP contribution is 2.14. The largest absolute Gasteiger partial charge is 0.376 e. The predicted molar refractivity (Wildman–Crippen MR) is 58.6 cm³/mol. The van der Waals surface area contributed by atoms with Gasteiger partial charge in [-0.2, -0.15) is 5.10 Å². The van der Waals surface area contributed by atoms with E-state index in [1.165, 1.54) is 18.4 Å². The van der Waals surface area contributed by atoms with Crippen LogP contribution in [0, 0.1) is 0 Å². The molecule has 0 spiro atoms. The molecule has 1 aliphatic heterocycles. The Morgan fingerprint density at radius 2 is 2.47 bits per heavy atom. The van der Waals surface area contributed by atoms with Crippen LogP contribution in [0.4, 0.5) is 0 Å². The van der Waals surface area contributed by atoms with Crippen LogP contribution < -0.4 is 5.73 Å². The van der Waals surface area contributed by atoms with E-state index in [0.29, 0.717) is 12.6 Å². The summed E-state index contributed by atoms with van der Waals surface area (Å²) >= 11 is 0. The van der Waals surface area contributed by atoms with Gasteiger partial charge in [0.25, 0.3) is 0 Å². The van der Waals surface area contributed by atoms with Gasteiger partial charge in [0, 0.05) is 12.8 Å². The summed E-state index contributed by atoms with van der Waals surface area (Å²) in [4.78, 5) is 0. The minimum absolute atomic E-state index is 0.351. The summed E-state index contributed by atoms with van der Waals surface area (Å²) in [6, 6.07) is 0. The van der Waals surface area contributed by atoms with Gasteiger partial charge in [0.15, 0.2) is 0 Å². The fourth-order valence-electron chi connectivity index (χ4n) is 1.96. The van der Waals surface area contributed by atoms with Crippen molar-refractivity contribution in [2.45, 2.75) is 38.3 Å². The number of rotatable bonds is 4. The Morgan fingerprint density at radius 1 is 1.53 bits per heavy atom. The molecule has 0 bridgehead atoms. The zero-order valence-electron chi connectivity index (χ0n) is 9.06. The van der Waals surface area contributed by atoms with Crippen molar-refractivity contribution in [1.82, 2.24) is 9.78 Å². The minimum Gasteiger partial charge on any atom is -0.376 e. The van der Waals surface area contributed by atoms with Crippen LogP contribution in [0.25, 0.3) is 0 Å². The van der Waals surface area contributed by atoms with Crippen molar-refractivity contribution in [3.05, 3.63) is 18.0 Å². The highest BCUT2D eigenvalue weighted by atomic mass is 16.5. The van der Waals surface area contributed by atoms with Crippen LogP contribution in [0.15, 0.2) is 12.4 Å². The molecule has 2 N–H and O–H groups in total. The molecule has 1 aliphatic rings. The van der Waals surface area contributed by atoms with E-state index in [1.807, 2.05) is 10.9 Å². The standard InChI is InChI=1S/C11H19N3O/c12-5-4-10-7-13-14(8-10)9-11-3-1-2-6-15-11/h7-8,11H,1-6,9,12H2/t11-/m0/s1. The van der Waals surface area contributed by atoms with Crippen LogP contribution in [0.2, 0.25) is 0 Å². The van der Waals surface area contributed by atoms with E-state index in [9.17, 15) is 0 Å². The van der Waals surface area contributed by atoms with E-state index in [4.69, 9.17) is 10.5 Å². The van der Waals surface area contributed by atoms with Crippen molar-refractivity contribution in [2.75, 3.05) is 13.2 Å². The van der Waals surface area contributed by atoms with E-state index in [0.717, 1.165) is 26.0 Å². The summed E-state index contributed by atoms with van der Waals surface area (Å²) in [6.07, 6.45) is 8.87. The van der Waals surface area contributed by atoms with Gasteiger partial charge >= 0.3 is 0 Å². The average Bonchev–Trinajstić information content (AvgIpc) is 2.68. The summed E-state index contributed by atoms with van der Waals surface area (Å²) in [7, 11) is 0. The van der Waals surface area contributed by atoms with Crippen LogP contribution in [0.5, 0.6) is 0 Å². The predicted octanol–water partition coefficient (Wildman–Crippen LogP) is 0.953. The molecule has 2 heterocycles. The molecule has 0 aromatic carbocycles. The first kappa shape index (κ1) is 10.6. The summed E-state index contributed by atoms with van der Waals surface area (Å²) in [5.74, 6) is 0. The second-order valence-electron chi connectivity index (χ2n) is 4.10. The van der Waals surface area contributed by atoms with Gasteiger partial charge in [0.05, 0.1) is 18.8 Å². The monoisotopic (exact) mass is 209 g/mol. The first-order valence-electron chi connectivity index (χ1n) is 5.71. The Labute approximate surface area is 90.4 Å². The molecule has 1 aromatic heterocycles. The molecule has 0 aliphatic carbocycles. The Bertz CT molecular complexity index is 292. The highest BCUT2D eigenvalue weighted by molar-refractivity contribution is 5.04. The van der Waals surface area contributed by atoms with Crippen LogP contribution >= 0.6 is 0 Å². The van der Waals surface area contributed by atoms with Gasteiger partial charge in [-0.15, -0.1) is 0 Å². The summed E-state index contributed by atoms with van der Waals surface area (Å²) in [6.45, 7) is 2.47. The molecule has 0 saturated carbocycles. The second kappa shape index (κ2) is 5.28. The number of hydrogen-bond donors (Lipinski definition) is 1. The number of nitrogens with zero attached hydrogens (tertiary/aromatic N) is 2. The molecule has 15 heavy (non-hydrogen) atoms. The lowest BCUT2D eigenvalue weighted by Crippen LogP contribution is -2.24. The maximum Gasteiger partial charge on any atom is 0.0770 e. The normalized spacial score (nSPS) is 21.8. The molecule has 84 valence electrons. The fourth-order valence-corrected chi connectivity index (χ4v) is 1.96. The van der Waals surface area contributed by atoms with Crippen molar-refractivity contribution < 1.29 is 4.74 Å². The lowest BCUT2D eigenvalue weighted by atomic mass is 10.1. The Kier molecular flexibility index (Phi) is 3.75. The topological polar surface area (TPSA) is 53.1 Å². The third kappa shape index (κ3) is 3.04. The van der Waals surface area contributed by atoms with Crippen molar-refractivity contribution in [2.24, 2.45) is 5.73 Å². The molecule has 1 atom stereocenters. The quantitative estimate of drug-likeness (QED) is 0.803. The number of hydrogen-bond acceptors (Lipinski definition) is 3. The third-order valence-corrected chi connectivity index (χ3v) is 2.78. The molecule has 4 heteroatoms. The van der Waals surface area contributed by atoms with Crippen molar-refractivity contribution in [3.63, 3.8) is 0 Å². The molecule has 1 fully saturated rings. The first-order chi connectivity index (χ1) is 7.38. The maximum absolute atomic E-state index is 5.67. The molecule has 2 rings (SSSR count). The van der Waals surface area contributed by atoms with E-state index in [-0.39, 0.29) is 0 Å². The molecule has 0 amide bonds. The smallest absolute Gasteiger partial charge is 0.0770 e. The summed E-state index contributed by atoms with van der Waals surface area (Å²) in [5.41, 5.74) is 6.71. The van der Waals surface area contributed by atoms with Crippen LogP contribution in [0.3, 0.4) is 0 Å². The van der Waals surface area contributed by atoms with Gasteiger partial charge in [-0.1, -0.05) is 0 Å². The van der Waals surface area contributed by atoms with Gasteiger partial charge in [0.2, 0.25) is 0 Å². The second-order valence-corrected chi connectivity index (χ2v) is 4.10. The van der Waals surface area contributed by atoms with Gasteiger partial charge in [-0.3, -0.25) is 4.68 Å². The minimum atomic E-state index is 0.351. The Morgan fingerprint density at radius 3 is 3.20 bits per heavy atom. The van der Waals surface area contributed by atoms with E-state index >= 15 is 0 Å². The Balaban J connectivity index is 1.86. The molecular formula is C11H19N3O. The maximum atomic E-state index is 5.67. The van der Waals surface area contributed by atoms with Crippen molar-refractivity contribution in [3.8, 4) is 0 Å². The Hall–Kier alpha value is -0.870. The number of nitrogens with two attached hydrogens (primary N) is 1. The molecule has 4 nitrogen and oxygen atoms in total. The average molecular weight is 209 g/mol. The molecular weight excluding hydrogens is 190 g/mol. The first-order valence-corrected chi connectivity index (χ1v) is 5.71. The zero-order valence-corrected chi connectivity index (χ0v) is 9.06. The van der Waals surface area contributed by atoms with Crippen molar-refractivity contribution >= 4 is 0 Å². The van der Waals surface area contributed by atoms with Crippen LogP contribution in [-0.2, 0) is 17.7 Å². The SMILES string of the molecule is NCCc1cnn(C[C@@H]2CCCCO2)c1. The van der Waals surface area contributed by atoms with Gasteiger partial charge in [0.1, 0.15) is 0 Å². The fraction of sp³-hybridized carbons (Fsp3) is 0.727. The van der Waals surface area contributed by atoms with E-state index < -0.39 is 0 Å².